The van der Waals surface area contributed by atoms with Crippen LogP contribution < -0.4 is 5.32 Å². The number of anilines is 1. The lowest BCUT2D eigenvalue weighted by Crippen LogP contribution is -2.11. The van der Waals surface area contributed by atoms with Gasteiger partial charge in [0.15, 0.2) is 0 Å². The molecule has 0 atom stereocenters. The van der Waals surface area contributed by atoms with Gasteiger partial charge in [0.2, 0.25) is 12.3 Å². The first-order valence-corrected chi connectivity index (χ1v) is 7.73. The van der Waals surface area contributed by atoms with Crippen molar-refractivity contribution < 1.29 is 9.21 Å². The normalized spacial score (nSPS) is 11.0. The van der Waals surface area contributed by atoms with Gasteiger partial charge in [0.25, 0.3) is 5.91 Å². The monoisotopic (exact) mass is 333 g/mol. The Hall–Kier alpha value is -3.48. The minimum absolute atomic E-state index is 0.184. The van der Waals surface area contributed by atoms with E-state index in [0.717, 1.165) is 22.4 Å². The maximum absolute atomic E-state index is 12.5. The summed E-state index contributed by atoms with van der Waals surface area (Å²) in [6, 6.07) is 12.7. The third kappa shape index (κ3) is 2.76. The Labute approximate surface area is 143 Å². The number of fused-ring (bicyclic) bond motifs is 1. The molecule has 0 fully saturated rings. The van der Waals surface area contributed by atoms with Gasteiger partial charge >= 0.3 is 0 Å². The minimum atomic E-state index is -0.184. The van der Waals surface area contributed by atoms with E-state index in [1.54, 1.807) is 24.3 Å². The van der Waals surface area contributed by atoms with Crippen molar-refractivity contribution >= 4 is 22.6 Å². The Morgan fingerprint density at radius 3 is 2.68 bits per heavy atom. The molecule has 2 aromatic carbocycles. The van der Waals surface area contributed by atoms with Crippen molar-refractivity contribution in [1.29, 1.82) is 0 Å². The number of rotatable bonds is 3. The Morgan fingerprint density at radius 2 is 1.96 bits per heavy atom. The molecule has 1 N–H and O–H groups in total. The van der Waals surface area contributed by atoms with Crippen molar-refractivity contribution in [2.75, 3.05) is 5.32 Å². The van der Waals surface area contributed by atoms with E-state index in [1.807, 2.05) is 36.7 Å². The lowest BCUT2D eigenvalue weighted by atomic mass is 10.1. The predicted octanol–water partition coefficient (Wildman–Crippen LogP) is 3.18. The third-order valence-electron chi connectivity index (χ3n) is 4.12. The highest BCUT2D eigenvalue weighted by atomic mass is 16.4. The van der Waals surface area contributed by atoms with Crippen LogP contribution in [0.2, 0.25) is 0 Å². The molecule has 0 bridgehead atoms. The number of nitrogens with one attached hydrogen (secondary N) is 1. The second kappa shape index (κ2) is 5.86. The highest BCUT2D eigenvalue weighted by Crippen LogP contribution is 2.20. The molecule has 0 aliphatic heterocycles. The first kappa shape index (κ1) is 15.1. The quantitative estimate of drug-likeness (QED) is 0.622. The lowest BCUT2D eigenvalue weighted by Gasteiger charge is -2.06. The first-order chi connectivity index (χ1) is 12.1. The molecular weight excluding hydrogens is 318 g/mol. The fraction of sp³-hybridized carbons (Fsp3) is 0.111. The number of nitrogens with zero attached hydrogens (tertiary/aromatic N) is 4. The Kier molecular flexibility index (Phi) is 3.53. The summed E-state index contributed by atoms with van der Waals surface area (Å²) in [7, 11) is 1.95. The summed E-state index contributed by atoms with van der Waals surface area (Å²) in [5.74, 6) is 1.16. The van der Waals surface area contributed by atoms with Crippen LogP contribution in [-0.4, -0.2) is 25.7 Å². The van der Waals surface area contributed by atoms with E-state index < -0.39 is 0 Å². The molecule has 0 unspecified atom stereocenters. The van der Waals surface area contributed by atoms with Gasteiger partial charge in [-0.05, 0) is 49.4 Å². The fourth-order valence-corrected chi connectivity index (χ4v) is 2.66. The Bertz CT molecular complexity index is 1050. The van der Waals surface area contributed by atoms with Crippen molar-refractivity contribution in [3.63, 3.8) is 0 Å². The summed E-state index contributed by atoms with van der Waals surface area (Å²) >= 11 is 0. The zero-order chi connectivity index (χ0) is 17.4. The second-order valence-corrected chi connectivity index (χ2v) is 5.70. The molecule has 0 aliphatic carbocycles. The van der Waals surface area contributed by atoms with Gasteiger partial charge in [0.1, 0.15) is 5.82 Å². The summed E-state index contributed by atoms with van der Waals surface area (Å²) < 4.78 is 7.14. The maximum atomic E-state index is 12.5. The molecule has 2 aromatic heterocycles. The smallest absolute Gasteiger partial charge is 0.255 e. The molecule has 1 amide bonds. The van der Waals surface area contributed by atoms with Crippen LogP contribution in [0.4, 0.5) is 5.69 Å². The summed E-state index contributed by atoms with van der Waals surface area (Å²) in [4.78, 5) is 16.9. The van der Waals surface area contributed by atoms with E-state index in [-0.39, 0.29) is 5.91 Å². The van der Waals surface area contributed by atoms with Crippen LogP contribution in [0.5, 0.6) is 0 Å². The number of imidazole rings is 1. The second-order valence-electron chi connectivity index (χ2n) is 5.70. The van der Waals surface area contributed by atoms with Crippen molar-refractivity contribution in [2.24, 2.45) is 7.05 Å². The molecule has 0 spiro atoms. The molecule has 25 heavy (non-hydrogen) atoms. The predicted molar refractivity (Wildman–Crippen MR) is 93.1 cm³/mol. The highest BCUT2D eigenvalue weighted by Gasteiger charge is 2.11. The lowest BCUT2D eigenvalue weighted by molar-refractivity contribution is 0.102. The van der Waals surface area contributed by atoms with Gasteiger partial charge in [-0.2, -0.15) is 0 Å². The minimum Gasteiger partial charge on any atom is -0.423 e. The number of hydrogen-bond acceptors (Lipinski definition) is 5. The van der Waals surface area contributed by atoms with E-state index in [0.29, 0.717) is 17.1 Å². The summed E-state index contributed by atoms with van der Waals surface area (Å²) in [6.07, 6.45) is 1.28. The number of hydrogen-bond donors (Lipinski definition) is 1. The van der Waals surface area contributed by atoms with Crippen LogP contribution in [0.25, 0.3) is 22.5 Å². The molecular formula is C18H15N5O2. The van der Waals surface area contributed by atoms with Crippen molar-refractivity contribution in [3.8, 4) is 11.5 Å². The number of amides is 1. The number of carbonyl (C=O) groups is 1. The third-order valence-corrected chi connectivity index (χ3v) is 4.12. The maximum Gasteiger partial charge on any atom is 0.255 e. The van der Waals surface area contributed by atoms with Crippen molar-refractivity contribution in [3.05, 3.63) is 60.2 Å². The summed E-state index contributed by atoms with van der Waals surface area (Å²) in [5, 5.41) is 10.4. The molecule has 4 rings (SSSR count). The summed E-state index contributed by atoms with van der Waals surface area (Å²) in [5.41, 5.74) is 3.84. The molecule has 0 aliphatic rings. The largest absolute Gasteiger partial charge is 0.423 e. The van der Waals surface area contributed by atoms with Gasteiger partial charge in [-0.25, -0.2) is 4.98 Å². The van der Waals surface area contributed by atoms with E-state index in [1.165, 1.54) is 6.39 Å². The number of aromatic nitrogens is 4. The topological polar surface area (TPSA) is 85.8 Å². The van der Waals surface area contributed by atoms with Gasteiger partial charge < -0.3 is 14.3 Å². The molecule has 7 nitrogen and oxygen atoms in total. The van der Waals surface area contributed by atoms with Crippen LogP contribution in [0, 0.1) is 6.92 Å². The first-order valence-electron chi connectivity index (χ1n) is 7.73. The van der Waals surface area contributed by atoms with Gasteiger partial charge in [-0.3, -0.25) is 4.79 Å². The zero-order valence-electron chi connectivity index (χ0n) is 13.7. The van der Waals surface area contributed by atoms with Gasteiger partial charge in [0, 0.05) is 23.9 Å². The molecule has 0 saturated carbocycles. The molecule has 2 heterocycles. The van der Waals surface area contributed by atoms with Crippen molar-refractivity contribution in [2.45, 2.75) is 6.92 Å². The van der Waals surface area contributed by atoms with Crippen LogP contribution in [0.15, 0.2) is 53.3 Å². The van der Waals surface area contributed by atoms with Gasteiger partial charge in [-0.1, -0.05) is 0 Å². The van der Waals surface area contributed by atoms with Gasteiger partial charge in [0.05, 0.1) is 11.0 Å². The molecule has 124 valence electrons. The van der Waals surface area contributed by atoms with Crippen LogP contribution in [0.3, 0.4) is 0 Å². The highest BCUT2D eigenvalue weighted by molar-refractivity contribution is 6.06. The molecule has 4 aromatic rings. The van der Waals surface area contributed by atoms with Crippen LogP contribution >= 0.6 is 0 Å². The SMILES string of the molecule is Cc1nc2cc(C(=O)Nc3ccc(-c4nnco4)cc3)ccc2n1C. The molecule has 0 radical (unpaired) electrons. The van der Waals surface area contributed by atoms with E-state index in [4.69, 9.17) is 4.42 Å². The number of carbonyl (C=O) groups excluding carboxylic acids is 1. The Morgan fingerprint density at radius 1 is 1.16 bits per heavy atom. The molecule has 7 heteroatoms. The standard InChI is InChI=1S/C18H15N5O2/c1-11-20-15-9-13(5-8-16(15)23(11)2)17(24)21-14-6-3-12(4-7-14)18-22-19-10-25-18/h3-10H,1-2H3,(H,21,24). The Balaban J connectivity index is 1.55. The number of aryl methyl sites for hydroxylation is 2. The average molecular weight is 333 g/mol. The van der Waals surface area contributed by atoms with E-state index >= 15 is 0 Å². The van der Waals surface area contributed by atoms with Crippen LogP contribution in [-0.2, 0) is 7.05 Å². The number of benzene rings is 2. The van der Waals surface area contributed by atoms with Gasteiger partial charge in [-0.15, -0.1) is 10.2 Å². The summed E-state index contributed by atoms with van der Waals surface area (Å²) in [6.45, 7) is 1.94. The van der Waals surface area contributed by atoms with E-state index in [2.05, 4.69) is 20.5 Å². The zero-order valence-corrected chi connectivity index (χ0v) is 13.7. The van der Waals surface area contributed by atoms with E-state index in [9.17, 15) is 4.79 Å². The van der Waals surface area contributed by atoms with Crippen LogP contribution in [0.1, 0.15) is 16.2 Å². The molecule has 0 saturated heterocycles. The average Bonchev–Trinajstić information content (AvgIpc) is 3.24. The fourth-order valence-electron chi connectivity index (χ4n) is 2.66. The van der Waals surface area contributed by atoms with Crippen molar-refractivity contribution in [1.82, 2.24) is 19.7 Å².